The van der Waals surface area contributed by atoms with Crippen LogP contribution in [-0.4, -0.2) is 5.75 Å². The van der Waals surface area contributed by atoms with Gasteiger partial charge in [-0.2, -0.15) is 11.8 Å². The van der Waals surface area contributed by atoms with Gasteiger partial charge in [0.1, 0.15) is 5.82 Å². The zero-order valence-electron chi connectivity index (χ0n) is 10.0. The summed E-state index contributed by atoms with van der Waals surface area (Å²) in [6, 6.07) is 5.13. The van der Waals surface area contributed by atoms with E-state index in [0.717, 1.165) is 22.6 Å². The summed E-state index contributed by atoms with van der Waals surface area (Å²) in [7, 11) is 0. The second-order valence-electron chi connectivity index (χ2n) is 4.36. The number of hydrogen-bond donors (Lipinski definition) is 1. The summed E-state index contributed by atoms with van der Waals surface area (Å²) >= 11 is 1.79. The molecule has 0 bridgehead atoms. The van der Waals surface area contributed by atoms with Crippen LogP contribution in [0.4, 0.5) is 4.39 Å². The molecule has 0 heterocycles. The van der Waals surface area contributed by atoms with Gasteiger partial charge in [-0.3, -0.25) is 0 Å². The number of rotatable bonds is 6. The molecule has 0 saturated carbocycles. The monoisotopic (exact) mass is 241 g/mol. The predicted octanol–water partition coefficient (Wildman–Crippen LogP) is 3.56. The number of nitrogens with two attached hydrogens (primary N) is 1. The van der Waals surface area contributed by atoms with E-state index in [1.165, 1.54) is 12.5 Å². The first-order valence-electron chi connectivity index (χ1n) is 5.68. The van der Waals surface area contributed by atoms with E-state index in [1.807, 2.05) is 6.07 Å². The van der Waals surface area contributed by atoms with E-state index < -0.39 is 0 Å². The fraction of sp³-hybridized carbons (Fsp3) is 0.538. The van der Waals surface area contributed by atoms with Gasteiger partial charge in [-0.25, -0.2) is 4.39 Å². The van der Waals surface area contributed by atoms with Crippen LogP contribution in [0, 0.1) is 11.7 Å². The Bertz CT molecular complexity index is 326. The average molecular weight is 241 g/mol. The molecule has 0 radical (unpaired) electrons. The van der Waals surface area contributed by atoms with Gasteiger partial charge in [0.25, 0.3) is 0 Å². The molecule has 0 spiro atoms. The largest absolute Gasteiger partial charge is 0.326 e. The van der Waals surface area contributed by atoms with Crippen LogP contribution in [0.3, 0.4) is 0 Å². The molecule has 0 amide bonds. The third-order valence-electron chi connectivity index (χ3n) is 2.44. The molecule has 0 fully saturated rings. The highest BCUT2D eigenvalue weighted by molar-refractivity contribution is 7.98. The first kappa shape index (κ1) is 13.5. The summed E-state index contributed by atoms with van der Waals surface area (Å²) in [6.07, 6.45) is 1.18. The summed E-state index contributed by atoms with van der Waals surface area (Å²) in [5, 5.41) is 0. The highest BCUT2D eigenvalue weighted by atomic mass is 32.2. The molecular weight excluding hydrogens is 221 g/mol. The topological polar surface area (TPSA) is 26.0 Å². The minimum atomic E-state index is -0.116. The summed E-state index contributed by atoms with van der Waals surface area (Å²) in [5.41, 5.74) is 7.31. The first-order valence-corrected chi connectivity index (χ1v) is 6.84. The molecule has 0 saturated heterocycles. The van der Waals surface area contributed by atoms with Gasteiger partial charge in [0.05, 0.1) is 0 Å². The number of benzene rings is 1. The van der Waals surface area contributed by atoms with Crippen molar-refractivity contribution >= 4 is 11.8 Å². The molecule has 1 aromatic rings. The number of hydrogen-bond acceptors (Lipinski definition) is 2. The molecule has 0 aromatic heterocycles. The molecule has 1 nitrogen and oxygen atoms in total. The molecule has 1 aromatic carbocycles. The third-order valence-corrected chi connectivity index (χ3v) is 3.48. The van der Waals surface area contributed by atoms with E-state index in [4.69, 9.17) is 5.73 Å². The molecule has 0 aliphatic rings. The fourth-order valence-corrected chi connectivity index (χ4v) is 2.59. The van der Waals surface area contributed by atoms with E-state index in [2.05, 4.69) is 13.8 Å². The van der Waals surface area contributed by atoms with Gasteiger partial charge < -0.3 is 5.73 Å². The standard InChI is InChI=1S/C13H20FNS/c1-10(2)5-6-16-9-12-7-11(8-15)3-4-13(12)14/h3-4,7,10H,5-6,8-9,15H2,1-2H3. The summed E-state index contributed by atoms with van der Waals surface area (Å²) in [5.74, 6) is 2.43. The highest BCUT2D eigenvalue weighted by Crippen LogP contribution is 2.19. The fourth-order valence-electron chi connectivity index (χ4n) is 1.37. The Morgan fingerprint density at radius 2 is 2.12 bits per heavy atom. The number of halogens is 1. The Morgan fingerprint density at radius 1 is 1.38 bits per heavy atom. The molecule has 16 heavy (non-hydrogen) atoms. The third kappa shape index (κ3) is 4.54. The average Bonchev–Trinajstić information content (AvgIpc) is 2.26. The van der Waals surface area contributed by atoms with Gasteiger partial charge in [-0.05, 0) is 35.3 Å². The van der Waals surface area contributed by atoms with E-state index in [-0.39, 0.29) is 5.82 Å². The van der Waals surface area contributed by atoms with Crippen LogP contribution in [0.2, 0.25) is 0 Å². The molecular formula is C13H20FNS. The van der Waals surface area contributed by atoms with Crippen LogP contribution in [0.15, 0.2) is 18.2 Å². The van der Waals surface area contributed by atoms with Crippen LogP contribution < -0.4 is 5.73 Å². The van der Waals surface area contributed by atoms with Crippen LogP contribution in [-0.2, 0) is 12.3 Å². The predicted molar refractivity (Wildman–Crippen MR) is 69.9 cm³/mol. The molecule has 1 rings (SSSR count). The molecule has 0 atom stereocenters. The van der Waals surface area contributed by atoms with Crippen molar-refractivity contribution in [2.24, 2.45) is 11.7 Å². The highest BCUT2D eigenvalue weighted by Gasteiger charge is 2.03. The molecule has 2 N–H and O–H groups in total. The summed E-state index contributed by atoms with van der Waals surface area (Å²) in [6.45, 7) is 4.89. The lowest BCUT2D eigenvalue weighted by molar-refractivity contribution is 0.615. The smallest absolute Gasteiger partial charge is 0.127 e. The zero-order chi connectivity index (χ0) is 12.0. The van der Waals surface area contributed by atoms with Crippen molar-refractivity contribution in [1.82, 2.24) is 0 Å². The molecule has 0 aliphatic carbocycles. The van der Waals surface area contributed by atoms with E-state index in [9.17, 15) is 4.39 Å². The second kappa shape index (κ2) is 6.92. The molecule has 3 heteroatoms. The quantitative estimate of drug-likeness (QED) is 0.771. The van der Waals surface area contributed by atoms with Gasteiger partial charge >= 0.3 is 0 Å². The van der Waals surface area contributed by atoms with Crippen molar-refractivity contribution in [1.29, 1.82) is 0 Å². The lowest BCUT2D eigenvalue weighted by Crippen LogP contribution is -1.99. The number of thioether (sulfide) groups is 1. The Hall–Kier alpha value is -0.540. The maximum Gasteiger partial charge on any atom is 0.127 e. The normalized spacial score (nSPS) is 11.1. The minimum absolute atomic E-state index is 0.116. The minimum Gasteiger partial charge on any atom is -0.326 e. The molecule has 0 unspecified atom stereocenters. The second-order valence-corrected chi connectivity index (χ2v) is 5.47. The van der Waals surface area contributed by atoms with Crippen molar-refractivity contribution in [3.05, 3.63) is 35.1 Å². The maximum absolute atomic E-state index is 13.4. The van der Waals surface area contributed by atoms with Crippen molar-refractivity contribution in [3.63, 3.8) is 0 Å². The van der Waals surface area contributed by atoms with E-state index in [0.29, 0.717) is 12.5 Å². The summed E-state index contributed by atoms with van der Waals surface area (Å²) < 4.78 is 13.4. The Labute approximate surface area is 102 Å². The van der Waals surface area contributed by atoms with Crippen molar-refractivity contribution in [2.45, 2.75) is 32.6 Å². The maximum atomic E-state index is 13.4. The Balaban J connectivity index is 2.46. The lowest BCUT2D eigenvalue weighted by Gasteiger charge is -2.07. The van der Waals surface area contributed by atoms with Crippen LogP contribution in [0.5, 0.6) is 0 Å². The lowest BCUT2D eigenvalue weighted by atomic mass is 10.1. The van der Waals surface area contributed by atoms with E-state index in [1.54, 1.807) is 17.8 Å². The van der Waals surface area contributed by atoms with Gasteiger partial charge in [0, 0.05) is 12.3 Å². The van der Waals surface area contributed by atoms with Crippen LogP contribution in [0.25, 0.3) is 0 Å². The Kier molecular flexibility index (Phi) is 5.85. The van der Waals surface area contributed by atoms with Gasteiger partial charge in [-0.15, -0.1) is 0 Å². The van der Waals surface area contributed by atoms with Gasteiger partial charge in [0.15, 0.2) is 0 Å². The SMILES string of the molecule is CC(C)CCSCc1cc(CN)ccc1F. The van der Waals surface area contributed by atoms with Gasteiger partial charge in [0.2, 0.25) is 0 Å². The molecule has 0 aliphatic heterocycles. The van der Waals surface area contributed by atoms with Crippen LogP contribution >= 0.6 is 11.8 Å². The van der Waals surface area contributed by atoms with Gasteiger partial charge in [-0.1, -0.05) is 26.0 Å². The summed E-state index contributed by atoms with van der Waals surface area (Å²) in [4.78, 5) is 0. The first-order chi connectivity index (χ1) is 7.63. The van der Waals surface area contributed by atoms with Crippen molar-refractivity contribution < 1.29 is 4.39 Å². The Morgan fingerprint density at radius 3 is 2.75 bits per heavy atom. The van der Waals surface area contributed by atoms with Crippen molar-refractivity contribution in [3.8, 4) is 0 Å². The van der Waals surface area contributed by atoms with Crippen LogP contribution in [0.1, 0.15) is 31.4 Å². The molecule has 90 valence electrons. The zero-order valence-corrected chi connectivity index (χ0v) is 10.8. The van der Waals surface area contributed by atoms with Crippen molar-refractivity contribution in [2.75, 3.05) is 5.75 Å². The van der Waals surface area contributed by atoms with E-state index >= 15 is 0 Å².